The minimum atomic E-state index is -1.31. The Bertz CT molecular complexity index is 240. The van der Waals surface area contributed by atoms with E-state index in [-0.39, 0.29) is 6.41 Å². The summed E-state index contributed by atoms with van der Waals surface area (Å²) in [5, 5.41) is 20.4. The molecule has 5 nitrogen and oxygen atoms in total. The molecule has 0 bridgehead atoms. The van der Waals surface area contributed by atoms with Crippen LogP contribution in [0.25, 0.3) is 0 Å². The fraction of sp³-hybridized carbons (Fsp3) is 0.600. The fourth-order valence-electron chi connectivity index (χ4n) is 1.16. The first-order valence-corrected chi connectivity index (χ1v) is 4.82. The van der Waals surface area contributed by atoms with Gasteiger partial charge in [-0.15, -0.1) is 0 Å². The molecular weight excluding hydrogens is 198 g/mol. The molecule has 0 heterocycles. The summed E-state index contributed by atoms with van der Waals surface area (Å²) in [6, 6.07) is -1.31. The summed E-state index contributed by atoms with van der Waals surface area (Å²) in [5.41, 5.74) is 0.429. The number of aliphatic hydroxyl groups is 1. The molecule has 0 aromatic carbocycles. The van der Waals surface area contributed by atoms with Gasteiger partial charge in [0.1, 0.15) is 6.10 Å². The number of amides is 1. The van der Waals surface area contributed by atoms with Crippen molar-refractivity contribution >= 4 is 12.4 Å². The number of carbonyl (C=O) groups is 2. The number of hydrogen-bond donors (Lipinski definition) is 3. The molecule has 0 rings (SSSR count). The van der Waals surface area contributed by atoms with Gasteiger partial charge >= 0.3 is 5.97 Å². The molecule has 2 unspecified atom stereocenters. The lowest BCUT2D eigenvalue weighted by Gasteiger charge is -2.20. The minimum absolute atomic E-state index is 0.259. The van der Waals surface area contributed by atoms with E-state index in [1.807, 2.05) is 12.2 Å². The maximum absolute atomic E-state index is 10.7. The third-order valence-corrected chi connectivity index (χ3v) is 2.10. The summed E-state index contributed by atoms with van der Waals surface area (Å²) in [6.07, 6.45) is 1.35. The van der Waals surface area contributed by atoms with Gasteiger partial charge in [0.25, 0.3) is 0 Å². The zero-order valence-electron chi connectivity index (χ0n) is 8.77. The largest absolute Gasteiger partial charge is 0.480 e. The molecule has 0 saturated heterocycles. The second-order valence-electron chi connectivity index (χ2n) is 3.31. The van der Waals surface area contributed by atoms with Crippen molar-refractivity contribution in [1.29, 1.82) is 0 Å². The van der Waals surface area contributed by atoms with Crippen LogP contribution >= 0.6 is 0 Å². The second kappa shape index (κ2) is 7.00. The maximum Gasteiger partial charge on any atom is 0.329 e. The van der Waals surface area contributed by atoms with E-state index in [2.05, 4.69) is 6.58 Å². The average Bonchev–Trinajstić information content (AvgIpc) is 2.21. The average molecular weight is 215 g/mol. The zero-order chi connectivity index (χ0) is 11.8. The number of rotatable bonds is 8. The fourth-order valence-corrected chi connectivity index (χ4v) is 1.16. The van der Waals surface area contributed by atoms with Crippen LogP contribution in [0.2, 0.25) is 0 Å². The van der Waals surface area contributed by atoms with Gasteiger partial charge in [0.05, 0.1) is 0 Å². The predicted molar refractivity (Wildman–Crippen MR) is 55.3 cm³/mol. The van der Waals surface area contributed by atoms with Crippen molar-refractivity contribution in [2.45, 2.75) is 38.3 Å². The van der Waals surface area contributed by atoms with Crippen LogP contribution in [-0.4, -0.2) is 34.7 Å². The molecule has 1 amide bonds. The lowest BCUT2D eigenvalue weighted by Crippen LogP contribution is -2.46. The molecule has 15 heavy (non-hydrogen) atoms. The SMILES string of the molecule is C=C(CCCC)C(O)C(NC=O)C(=O)O. The molecule has 2 atom stereocenters. The summed E-state index contributed by atoms with van der Waals surface area (Å²) in [5.74, 6) is -1.27. The van der Waals surface area contributed by atoms with E-state index >= 15 is 0 Å². The van der Waals surface area contributed by atoms with Crippen LogP contribution in [-0.2, 0) is 9.59 Å². The van der Waals surface area contributed by atoms with Crippen molar-refractivity contribution in [3.63, 3.8) is 0 Å². The number of carboxylic acids is 1. The summed E-state index contributed by atoms with van der Waals surface area (Å²) in [4.78, 5) is 20.8. The van der Waals surface area contributed by atoms with Crippen LogP contribution in [0.15, 0.2) is 12.2 Å². The van der Waals surface area contributed by atoms with Crippen LogP contribution in [0, 0.1) is 0 Å². The molecule has 0 saturated carbocycles. The van der Waals surface area contributed by atoms with Gasteiger partial charge in [0, 0.05) is 0 Å². The Balaban J connectivity index is 4.34. The molecule has 0 radical (unpaired) electrons. The van der Waals surface area contributed by atoms with Crippen LogP contribution in [0.4, 0.5) is 0 Å². The van der Waals surface area contributed by atoms with Gasteiger partial charge in [-0.25, -0.2) is 4.79 Å². The highest BCUT2D eigenvalue weighted by molar-refractivity contribution is 5.77. The molecule has 0 aromatic rings. The molecule has 0 aliphatic rings. The first-order chi connectivity index (χ1) is 7.04. The molecule has 0 spiro atoms. The molecule has 0 aliphatic carbocycles. The van der Waals surface area contributed by atoms with Crippen molar-refractivity contribution in [3.05, 3.63) is 12.2 Å². The summed E-state index contributed by atoms with van der Waals surface area (Å²) >= 11 is 0. The van der Waals surface area contributed by atoms with Crippen LogP contribution < -0.4 is 5.32 Å². The minimum Gasteiger partial charge on any atom is -0.480 e. The Labute approximate surface area is 88.8 Å². The summed E-state index contributed by atoms with van der Waals surface area (Å²) in [6.45, 7) is 5.59. The van der Waals surface area contributed by atoms with E-state index in [0.29, 0.717) is 12.0 Å². The Hall–Kier alpha value is -1.36. The van der Waals surface area contributed by atoms with Gasteiger partial charge < -0.3 is 15.5 Å². The number of nitrogens with one attached hydrogen (secondary N) is 1. The van der Waals surface area contributed by atoms with Crippen molar-refractivity contribution < 1.29 is 19.8 Å². The van der Waals surface area contributed by atoms with Crippen molar-refractivity contribution in [2.24, 2.45) is 0 Å². The lowest BCUT2D eigenvalue weighted by atomic mass is 9.99. The van der Waals surface area contributed by atoms with Gasteiger partial charge in [-0.3, -0.25) is 4.79 Å². The van der Waals surface area contributed by atoms with Gasteiger partial charge in [-0.05, 0) is 18.4 Å². The Morgan fingerprint density at radius 2 is 2.20 bits per heavy atom. The molecule has 3 N–H and O–H groups in total. The van der Waals surface area contributed by atoms with Crippen molar-refractivity contribution in [1.82, 2.24) is 5.32 Å². The number of carboxylic acid groups (broad SMARTS) is 1. The van der Waals surface area contributed by atoms with E-state index in [9.17, 15) is 14.7 Å². The Morgan fingerprint density at radius 1 is 1.60 bits per heavy atom. The first-order valence-electron chi connectivity index (χ1n) is 4.82. The quantitative estimate of drug-likeness (QED) is 0.401. The number of carbonyl (C=O) groups excluding carboxylic acids is 1. The Kier molecular flexibility index (Phi) is 6.37. The normalized spacial score (nSPS) is 14.0. The van der Waals surface area contributed by atoms with Gasteiger partial charge in [0.15, 0.2) is 6.04 Å². The summed E-state index contributed by atoms with van der Waals surface area (Å²) < 4.78 is 0. The standard InChI is InChI=1S/C10H17NO4/c1-3-4-5-7(2)9(13)8(10(14)15)11-6-12/h6,8-9,13H,2-5H2,1H3,(H,11,12)(H,14,15). The molecule has 0 aromatic heterocycles. The lowest BCUT2D eigenvalue weighted by molar-refractivity contribution is -0.143. The smallest absolute Gasteiger partial charge is 0.329 e. The highest BCUT2D eigenvalue weighted by Gasteiger charge is 2.27. The predicted octanol–water partition coefficient (Wildman–Crippen LogP) is 0.293. The maximum atomic E-state index is 10.7. The molecule has 0 fully saturated rings. The Morgan fingerprint density at radius 3 is 2.60 bits per heavy atom. The van der Waals surface area contributed by atoms with E-state index in [0.717, 1.165) is 12.8 Å². The van der Waals surface area contributed by atoms with Crippen LogP contribution in [0.1, 0.15) is 26.2 Å². The molecular formula is C10H17NO4. The summed E-state index contributed by atoms with van der Waals surface area (Å²) in [7, 11) is 0. The van der Waals surface area contributed by atoms with Crippen molar-refractivity contribution in [3.8, 4) is 0 Å². The number of aliphatic carboxylic acids is 1. The highest BCUT2D eigenvalue weighted by Crippen LogP contribution is 2.12. The third-order valence-electron chi connectivity index (χ3n) is 2.10. The number of hydrogen-bond acceptors (Lipinski definition) is 3. The molecule has 0 aliphatic heterocycles. The number of unbranched alkanes of at least 4 members (excludes halogenated alkanes) is 1. The molecule has 5 heteroatoms. The highest BCUT2D eigenvalue weighted by atomic mass is 16.4. The molecule has 86 valence electrons. The van der Waals surface area contributed by atoms with E-state index in [1.165, 1.54) is 0 Å². The second-order valence-corrected chi connectivity index (χ2v) is 3.31. The van der Waals surface area contributed by atoms with Gasteiger partial charge in [-0.1, -0.05) is 19.9 Å². The monoisotopic (exact) mass is 215 g/mol. The third kappa shape index (κ3) is 4.60. The topological polar surface area (TPSA) is 86.6 Å². The van der Waals surface area contributed by atoms with E-state index in [1.54, 1.807) is 0 Å². The van der Waals surface area contributed by atoms with E-state index in [4.69, 9.17) is 5.11 Å². The zero-order valence-corrected chi connectivity index (χ0v) is 8.77. The van der Waals surface area contributed by atoms with E-state index < -0.39 is 18.1 Å². The first kappa shape index (κ1) is 13.6. The van der Waals surface area contributed by atoms with Gasteiger partial charge in [-0.2, -0.15) is 0 Å². The van der Waals surface area contributed by atoms with Crippen LogP contribution in [0.5, 0.6) is 0 Å². The van der Waals surface area contributed by atoms with Crippen molar-refractivity contribution in [2.75, 3.05) is 0 Å². The van der Waals surface area contributed by atoms with Gasteiger partial charge in [0.2, 0.25) is 6.41 Å². The number of aliphatic hydroxyl groups excluding tert-OH is 1. The van der Waals surface area contributed by atoms with Crippen LogP contribution in [0.3, 0.4) is 0 Å².